The summed E-state index contributed by atoms with van der Waals surface area (Å²) in [6, 6.07) is 5.12. The number of methoxy groups -OCH3 is 1. The first-order valence-electron chi connectivity index (χ1n) is 6.29. The van der Waals surface area contributed by atoms with Crippen molar-refractivity contribution in [1.29, 1.82) is 0 Å². The number of benzene rings is 1. The summed E-state index contributed by atoms with van der Waals surface area (Å²) in [5.74, 6) is 0.362. The van der Waals surface area contributed by atoms with Crippen molar-refractivity contribution in [2.75, 3.05) is 7.11 Å². The van der Waals surface area contributed by atoms with Crippen molar-refractivity contribution < 1.29 is 13.2 Å². The van der Waals surface area contributed by atoms with Crippen molar-refractivity contribution in [1.82, 2.24) is 4.72 Å². The molecule has 0 aliphatic carbocycles. The average molecular weight is 285 g/mol. The molecule has 0 radical (unpaired) electrons. The van der Waals surface area contributed by atoms with Gasteiger partial charge >= 0.3 is 0 Å². The number of nitrogens with one attached hydrogen (secondary N) is 1. The second-order valence-corrected chi connectivity index (χ2v) is 7.57. The van der Waals surface area contributed by atoms with E-state index in [0.717, 1.165) is 5.56 Å². The van der Waals surface area contributed by atoms with Crippen molar-refractivity contribution in [3.8, 4) is 5.75 Å². The molecule has 0 fully saturated rings. The molecule has 1 N–H and O–H groups in total. The molecule has 1 aromatic carbocycles. The molecular formula is C14H23NO3S. The molecule has 108 valence electrons. The standard InChI is InChI=1S/C14H23NO3S/c1-10(2)15-19(16,17)13-9-11(14(3,4)5)7-8-12(13)18-6/h7-10,15H,1-6H3. The van der Waals surface area contributed by atoms with Gasteiger partial charge in [0.15, 0.2) is 0 Å². The number of hydrogen-bond acceptors (Lipinski definition) is 3. The Morgan fingerprint density at radius 2 is 1.79 bits per heavy atom. The van der Waals surface area contributed by atoms with E-state index in [4.69, 9.17) is 4.74 Å². The molecule has 4 nitrogen and oxygen atoms in total. The van der Waals surface area contributed by atoms with E-state index >= 15 is 0 Å². The second kappa shape index (κ2) is 5.51. The van der Waals surface area contributed by atoms with E-state index in [0.29, 0.717) is 5.75 Å². The summed E-state index contributed by atoms with van der Waals surface area (Å²) in [6.07, 6.45) is 0. The van der Waals surface area contributed by atoms with Gasteiger partial charge < -0.3 is 4.74 Å². The largest absolute Gasteiger partial charge is 0.495 e. The van der Waals surface area contributed by atoms with Gasteiger partial charge in [0.25, 0.3) is 0 Å². The van der Waals surface area contributed by atoms with Crippen LogP contribution in [0.15, 0.2) is 23.1 Å². The van der Waals surface area contributed by atoms with Crippen LogP contribution in [0.25, 0.3) is 0 Å². The van der Waals surface area contributed by atoms with Crippen molar-refractivity contribution >= 4 is 10.0 Å². The van der Waals surface area contributed by atoms with E-state index in [9.17, 15) is 8.42 Å². The summed E-state index contributed by atoms with van der Waals surface area (Å²) in [5, 5.41) is 0. The lowest BCUT2D eigenvalue weighted by Crippen LogP contribution is -2.30. The van der Waals surface area contributed by atoms with Gasteiger partial charge in [-0.1, -0.05) is 26.8 Å². The maximum absolute atomic E-state index is 12.3. The highest BCUT2D eigenvalue weighted by atomic mass is 32.2. The van der Waals surface area contributed by atoms with Crippen LogP contribution in [0.1, 0.15) is 40.2 Å². The quantitative estimate of drug-likeness (QED) is 0.925. The summed E-state index contributed by atoms with van der Waals surface area (Å²) in [4.78, 5) is 0.191. The molecule has 19 heavy (non-hydrogen) atoms. The van der Waals surface area contributed by atoms with Gasteiger partial charge in [-0.05, 0) is 37.0 Å². The maximum atomic E-state index is 12.3. The highest BCUT2D eigenvalue weighted by molar-refractivity contribution is 7.89. The van der Waals surface area contributed by atoms with E-state index < -0.39 is 10.0 Å². The van der Waals surface area contributed by atoms with E-state index in [1.54, 1.807) is 26.0 Å². The number of ether oxygens (including phenoxy) is 1. The molecule has 0 spiro atoms. The Balaban J connectivity index is 3.39. The number of sulfonamides is 1. The van der Waals surface area contributed by atoms with Crippen LogP contribution in [0.5, 0.6) is 5.75 Å². The fourth-order valence-electron chi connectivity index (χ4n) is 1.73. The smallest absolute Gasteiger partial charge is 0.244 e. The normalized spacial score (nSPS) is 12.8. The fourth-order valence-corrected chi connectivity index (χ4v) is 3.17. The van der Waals surface area contributed by atoms with Gasteiger partial charge in [0, 0.05) is 6.04 Å². The minimum Gasteiger partial charge on any atom is -0.495 e. The second-order valence-electron chi connectivity index (χ2n) is 5.89. The monoisotopic (exact) mass is 285 g/mol. The maximum Gasteiger partial charge on any atom is 0.244 e. The Morgan fingerprint density at radius 1 is 1.21 bits per heavy atom. The molecule has 0 bridgehead atoms. The van der Waals surface area contributed by atoms with E-state index in [1.807, 2.05) is 26.8 Å². The van der Waals surface area contributed by atoms with Crippen LogP contribution < -0.4 is 9.46 Å². The fraction of sp³-hybridized carbons (Fsp3) is 0.571. The van der Waals surface area contributed by atoms with Gasteiger partial charge in [0.2, 0.25) is 10.0 Å². The predicted molar refractivity (Wildman–Crippen MR) is 77.2 cm³/mol. The molecule has 0 atom stereocenters. The van der Waals surface area contributed by atoms with Crippen LogP contribution >= 0.6 is 0 Å². The molecule has 0 amide bonds. The van der Waals surface area contributed by atoms with E-state index in [-0.39, 0.29) is 16.4 Å². The summed E-state index contributed by atoms with van der Waals surface area (Å²) < 4.78 is 32.4. The van der Waals surface area contributed by atoms with Crippen molar-refractivity contribution in [3.05, 3.63) is 23.8 Å². The Kier molecular flexibility index (Phi) is 4.63. The molecule has 5 heteroatoms. The molecule has 0 saturated carbocycles. The first kappa shape index (κ1) is 16.0. The SMILES string of the molecule is COc1ccc(C(C)(C)C)cc1S(=O)(=O)NC(C)C. The highest BCUT2D eigenvalue weighted by Gasteiger charge is 2.23. The lowest BCUT2D eigenvalue weighted by molar-refractivity contribution is 0.401. The van der Waals surface area contributed by atoms with Crippen molar-refractivity contribution in [3.63, 3.8) is 0 Å². The molecule has 1 aromatic rings. The molecule has 1 rings (SSSR count). The number of rotatable bonds is 4. The highest BCUT2D eigenvalue weighted by Crippen LogP contribution is 2.30. The first-order valence-corrected chi connectivity index (χ1v) is 7.77. The summed E-state index contributed by atoms with van der Waals surface area (Å²) in [6.45, 7) is 9.71. The molecule has 0 saturated heterocycles. The van der Waals surface area contributed by atoms with E-state index in [2.05, 4.69) is 4.72 Å². The van der Waals surface area contributed by atoms with Crippen LogP contribution in [-0.2, 0) is 15.4 Å². The van der Waals surface area contributed by atoms with Gasteiger partial charge in [0.1, 0.15) is 10.6 Å². The van der Waals surface area contributed by atoms with Crippen LogP contribution in [-0.4, -0.2) is 21.6 Å². The Bertz CT molecular complexity index is 542. The zero-order valence-corrected chi connectivity index (χ0v) is 13.3. The Morgan fingerprint density at radius 3 is 2.21 bits per heavy atom. The van der Waals surface area contributed by atoms with Gasteiger partial charge in [-0.25, -0.2) is 13.1 Å². The zero-order chi connectivity index (χ0) is 14.8. The first-order chi connectivity index (χ1) is 8.58. The van der Waals surface area contributed by atoms with Gasteiger partial charge in [-0.3, -0.25) is 0 Å². The lowest BCUT2D eigenvalue weighted by Gasteiger charge is -2.21. The third-order valence-electron chi connectivity index (χ3n) is 2.71. The van der Waals surface area contributed by atoms with Crippen LogP contribution in [0, 0.1) is 0 Å². The summed E-state index contributed by atoms with van der Waals surface area (Å²) in [5.41, 5.74) is 0.839. The van der Waals surface area contributed by atoms with Crippen LogP contribution in [0.4, 0.5) is 0 Å². The van der Waals surface area contributed by atoms with Gasteiger partial charge in [-0.15, -0.1) is 0 Å². The summed E-state index contributed by atoms with van der Waals surface area (Å²) >= 11 is 0. The Labute approximate surface area is 116 Å². The predicted octanol–water partition coefficient (Wildman–Crippen LogP) is 2.68. The van der Waals surface area contributed by atoms with Crippen LogP contribution in [0.2, 0.25) is 0 Å². The van der Waals surface area contributed by atoms with E-state index in [1.165, 1.54) is 7.11 Å². The van der Waals surface area contributed by atoms with Gasteiger partial charge in [0.05, 0.1) is 7.11 Å². The summed E-state index contributed by atoms with van der Waals surface area (Å²) in [7, 11) is -2.09. The molecule has 0 aliphatic rings. The van der Waals surface area contributed by atoms with Gasteiger partial charge in [-0.2, -0.15) is 0 Å². The molecular weight excluding hydrogens is 262 g/mol. The van der Waals surface area contributed by atoms with Crippen molar-refractivity contribution in [2.24, 2.45) is 0 Å². The number of hydrogen-bond donors (Lipinski definition) is 1. The lowest BCUT2D eigenvalue weighted by atomic mass is 9.87. The zero-order valence-electron chi connectivity index (χ0n) is 12.4. The third-order valence-corrected chi connectivity index (χ3v) is 4.39. The Hall–Kier alpha value is -1.07. The topological polar surface area (TPSA) is 55.4 Å². The minimum absolute atomic E-state index is 0.117. The molecule has 0 unspecified atom stereocenters. The van der Waals surface area contributed by atoms with Crippen LogP contribution in [0.3, 0.4) is 0 Å². The average Bonchev–Trinajstić information content (AvgIpc) is 2.25. The minimum atomic E-state index is -3.56. The molecule has 0 aromatic heterocycles. The molecule has 0 heterocycles. The van der Waals surface area contributed by atoms with Crippen molar-refractivity contribution in [2.45, 2.75) is 51.0 Å². The molecule has 0 aliphatic heterocycles. The third kappa shape index (κ3) is 3.94.